The predicted molar refractivity (Wildman–Crippen MR) is 105 cm³/mol. The summed E-state index contributed by atoms with van der Waals surface area (Å²) in [6, 6.07) is 16.1. The Morgan fingerprint density at radius 1 is 1.11 bits per heavy atom. The van der Waals surface area contributed by atoms with Crippen molar-refractivity contribution in [2.45, 2.75) is 25.2 Å². The van der Waals surface area contributed by atoms with Crippen LogP contribution in [0.3, 0.4) is 0 Å². The molecule has 1 fully saturated rings. The molecule has 27 heavy (non-hydrogen) atoms. The Bertz CT molecular complexity index is 963. The molecule has 1 amide bonds. The Hall–Kier alpha value is -2.95. The van der Waals surface area contributed by atoms with Gasteiger partial charge in [-0.1, -0.05) is 30.3 Å². The number of carbonyl (C=O) groups is 1. The molecule has 0 saturated carbocycles. The van der Waals surface area contributed by atoms with Gasteiger partial charge in [0.1, 0.15) is 5.82 Å². The predicted octanol–water partition coefficient (Wildman–Crippen LogP) is 3.90. The molecular weight excluding hydrogens is 341 g/mol. The van der Waals surface area contributed by atoms with Crippen LogP contribution >= 0.6 is 0 Å². The summed E-state index contributed by atoms with van der Waals surface area (Å²) in [5, 5.41) is 1.05. The topological polar surface area (TPSA) is 59.2 Å². The molecule has 0 radical (unpaired) electrons. The van der Waals surface area contributed by atoms with Gasteiger partial charge >= 0.3 is 0 Å². The molecule has 1 aliphatic heterocycles. The van der Waals surface area contributed by atoms with E-state index in [0.717, 1.165) is 40.7 Å². The molecule has 4 nitrogen and oxygen atoms in total. The molecule has 2 heterocycles. The van der Waals surface area contributed by atoms with Gasteiger partial charge in [0.05, 0.1) is 23.3 Å². The highest BCUT2D eigenvalue weighted by atomic mass is 19.1. The third-order valence-corrected chi connectivity index (χ3v) is 5.29. The van der Waals surface area contributed by atoms with Crippen LogP contribution in [0.4, 0.5) is 10.1 Å². The second-order valence-electron chi connectivity index (χ2n) is 7.11. The molecule has 0 atom stereocenters. The highest BCUT2D eigenvalue weighted by Gasteiger charge is 2.26. The summed E-state index contributed by atoms with van der Waals surface area (Å²) >= 11 is 0. The second kappa shape index (κ2) is 7.35. The van der Waals surface area contributed by atoms with Gasteiger partial charge in [-0.15, -0.1) is 0 Å². The van der Waals surface area contributed by atoms with Gasteiger partial charge in [-0.25, -0.2) is 4.39 Å². The molecule has 3 aromatic rings. The number of anilines is 1. The van der Waals surface area contributed by atoms with Gasteiger partial charge in [0, 0.05) is 24.4 Å². The summed E-state index contributed by atoms with van der Waals surface area (Å²) < 4.78 is 13.0. The number of pyridine rings is 1. The number of piperidine rings is 1. The lowest BCUT2D eigenvalue weighted by molar-refractivity contribution is -0.131. The minimum Gasteiger partial charge on any atom is -0.397 e. The number of amides is 1. The summed E-state index contributed by atoms with van der Waals surface area (Å²) in [6.45, 7) is 1.39. The number of hydrogen-bond acceptors (Lipinski definition) is 3. The minimum atomic E-state index is -0.285. The molecule has 2 N–H and O–H groups in total. The van der Waals surface area contributed by atoms with E-state index >= 15 is 0 Å². The fourth-order valence-electron chi connectivity index (χ4n) is 3.77. The summed E-state index contributed by atoms with van der Waals surface area (Å²) in [4.78, 5) is 19.2. The number of carbonyl (C=O) groups excluding carboxylic acids is 1. The summed E-state index contributed by atoms with van der Waals surface area (Å²) in [5.41, 5.74) is 9.72. The molecule has 1 aromatic heterocycles. The van der Waals surface area contributed by atoms with Crippen LogP contribution in [0.25, 0.3) is 10.9 Å². The molecule has 1 aliphatic rings. The maximum absolute atomic E-state index is 13.0. The van der Waals surface area contributed by atoms with E-state index in [4.69, 9.17) is 10.7 Å². The SMILES string of the molecule is Nc1cc2ccccc2nc1C1CCN(C(=O)Cc2ccc(F)cc2)CC1. The molecule has 4 rings (SSSR count). The maximum atomic E-state index is 13.0. The van der Waals surface area contributed by atoms with Crippen molar-refractivity contribution in [2.75, 3.05) is 18.8 Å². The summed E-state index contributed by atoms with van der Waals surface area (Å²) in [6.07, 6.45) is 2.01. The van der Waals surface area contributed by atoms with Crippen molar-refractivity contribution in [3.8, 4) is 0 Å². The van der Waals surface area contributed by atoms with E-state index in [1.54, 1.807) is 12.1 Å². The van der Waals surface area contributed by atoms with Crippen LogP contribution in [0, 0.1) is 5.82 Å². The largest absolute Gasteiger partial charge is 0.397 e. The van der Waals surface area contributed by atoms with Crippen molar-refractivity contribution >= 4 is 22.5 Å². The van der Waals surface area contributed by atoms with Crippen LogP contribution in [0.1, 0.15) is 30.0 Å². The molecular formula is C22H22FN3O. The number of para-hydroxylation sites is 1. The van der Waals surface area contributed by atoms with Crippen molar-refractivity contribution in [3.63, 3.8) is 0 Å². The summed E-state index contributed by atoms with van der Waals surface area (Å²) in [5.74, 6) is 0.0662. The zero-order valence-electron chi connectivity index (χ0n) is 15.1. The highest BCUT2D eigenvalue weighted by molar-refractivity contribution is 5.82. The molecule has 0 bridgehead atoms. The number of benzene rings is 2. The van der Waals surface area contributed by atoms with Gasteiger partial charge in [0.2, 0.25) is 5.91 Å². The normalized spacial score (nSPS) is 15.2. The van der Waals surface area contributed by atoms with E-state index < -0.39 is 0 Å². The highest BCUT2D eigenvalue weighted by Crippen LogP contribution is 2.32. The molecule has 0 spiro atoms. The Morgan fingerprint density at radius 2 is 1.81 bits per heavy atom. The fourth-order valence-corrected chi connectivity index (χ4v) is 3.77. The van der Waals surface area contributed by atoms with Crippen molar-refractivity contribution in [1.29, 1.82) is 0 Å². The Labute approximate surface area is 157 Å². The van der Waals surface area contributed by atoms with Gasteiger partial charge in [0.15, 0.2) is 0 Å². The number of aromatic nitrogens is 1. The lowest BCUT2D eigenvalue weighted by Crippen LogP contribution is -2.39. The third kappa shape index (κ3) is 3.77. The van der Waals surface area contributed by atoms with Crippen molar-refractivity contribution < 1.29 is 9.18 Å². The van der Waals surface area contributed by atoms with E-state index in [9.17, 15) is 9.18 Å². The van der Waals surface area contributed by atoms with Crippen molar-refractivity contribution in [1.82, 2.24) is 9.88 Å². The number of rotatable bonds is 3. The third-order valence-electron chi connectivity index (χ3n) is 5.29. The number of nitrogens with zero attached hydrogens (tertiary/aromatic N) is 2. The van der Waals surface area contributed by atoms with E-state index in [0.29, 0.717) is 19.5 Å². The first-order valence-electron chi connectivity index (χ1n) is 9.27. The van der Waals surface area contributed by atoms with Crippen molar-refractivity contribution in [3.05, 3.63) is 71.7 Å². The average Bonchev–Trinajstić information content (AvgIpc) is 2.69. The van der Waals surface area contributed by atoms with Gasteiger partial charge in [-0.3, -0.25) is 9.78 Å². The first kappa shape index (κ1) is 17.5. The number of likely N-dealkylation sites (tertiary alicyclic amines) is 1. The van der Waals surface area contributed by atoms with E-state index in [1.165, 1.54) is 12.1 Å². The zero-order valence-corrected chi connectivity index (χ0v) is 15.1. The van der Waals surface area contributed by atoms with Crippen LogP contribution in [-0.4, -0.2) is 28.9 Å². The molecule has 1 saturated heterocycles. The first-order valence-corrected chi connectivity index (χ1v) is 9.27. The Morgan fingerprint density at radius 3 is 2.56 bits per heavy atom. The standard InChI is InChI=1S/C22H22FN3O/c23-18-7-5-15(6-8-18)13-21(27)26-11-9-16(10-12-26)22-19(24)14-17-3-1-2-4-20(17)25-22/h1-8,14,16H,9-13,24H2. The molecule has 0 unspecified atom stereocenters. The van der Waals surface area contributed by atoms with E-state index in [2.05, 4.69) is 0 Å². The molecule has 0 aliphatic carbocycles. The van der Waals surface area contributed by atoms with E-state index in [1.807, 2.05) is 35.2 Å². The van der Waals surface area contributed by atoms with Crippen LogP contribution < -0.4 is 5.73 Å². The van der Waals surface area contributed by atoms with Crippen LogP contribution in [0.5, 0.6) is 0 Å². The van der Waals surface area contributed by atoms with Crippen LogP contribution in [0.2, 0.25) is 0 Å². The number of fused-ring (bicyclic) bond motifs is 1. The number of nitrogens with two attached hydrogens (primary N) is 1. The van der Waals surface area contributed by atoms with Crippen molar-refractivity contribution in [2.24, 2.45) is 0 Å². The first-order chi connectivity index (χ1) is 13.1. The lowest BCUT2D eigenvalue weighted by atomic mass is 9.91. The quantitative estimate of drug-likeness (QED) is 0.768. The molecule has 5 heteroatoms. The van der Waals surface area contributed by atoms with Crippen LogP contribution in [-0.2, 0) is 11.2 Å². The van der Waals surface area contributed by atoms with Gasteiger partial charge < -0.3 is 10.6 Å². The lowest BCUT2D eigenvalue weighted by Gasteiger charge is -2.32. The number of hydrogen-bond donors (Lipinski definition) is 1. The Balaban J connectivity index is 1.42. The zero-order chi connectivity index (χ0) is 18.8. The summed E-state index contributed by atoms with van der Waals surface area (Å²) in [7, 11) is 0. The maximum Gasteiger partial charge on any atom is 0.226 e. The second-order valence-corrected chi connectivity index (χ2v) is 7.11. The minimum absolute atomic E-state index is 0.0829. The van der Waals surface area contributed by atoms with Gasteiger partial charge in [0.25, 0.3) is 0 Å². The van der Waals surface area contributed by atoms with E-state index in [-0.39, 0.29) is 17.6 Å². The van der Waals surface area contributed by atoms with Crippen LogP contribution in [0.15, 0.2) is 54.6 Å². The fraction of sp³-hybridized carbons (Fsp3) is 0.273. The van der Waals surface area contributed by atoms with Gasteiger partial charge in [-0.2, -0.15) is 0 Å². The molecule has 2 aromatic carbocycles. The number of halogens is 1. The molecule has 138 valence electrons. The average molecular weight is 363 g/mol. The number of nitrogen functional groups attached to an aromatic ring is 1. The van der Waals surface area contributed by atoms with Gasteiger partial charge in [-0.05, 0) is 42.7 Å². The monoisotopic (exact) mass is 363 g/mol. The Kier molecular flexibility index (Phi) is 4.75. The smallest absolute Gasteiger partial charge is 0.226 e.